The fourth-order valence-corrected chi connectivity index (χ4v) is 6.13. The van der Waals surface area contributed by atoms with Gasteiger partial charge in [0.05, 0.1) is 0 Å². The molecule has 0 spiro atoms. The van der Waals surface area contributed by atoms with Crippen molar-refractivity contribution in [3.63, 3.8) is 0 Å². The summed E-state index contributed by atoms with van der Waals surface area (Å²) in [4.78, 5) is 0. The first-order valence-corrected chi connectivity index (χ1v) is 6.56. The molecule has 4 aliphatic rings. The lowest BCUT2D eigenvalue weighted by molar-refractivity contribution is -0.135. The molecule has 4 saturated carbocycles. The van der Waals surface area contributed by atoms with Crippen LogP contribution in [0, 0.1) is 22.2 Å². The summed E-state index contributed by atoms with van der Waals surface area (Å²) in [6, 6.07) is 0. The summed E-state index contributed by atoms with van der Waals surface area (Å²) < 4.78 is 0. The Morgan fingerprint density at radius 3 is 2.00 bits per heavy atom. The monoisotopic (exact) mass is 212 g/mol. The molecule has 2 unspecified atom stereocenters. The Hall–Kier alpha value is 0.290. The Labute approximate surface area is 92.4 Å². The van der Waals surface area contributed by atoms with Gasteiger partial charge in [-0.2, -0.15) is 0 Å². The van der Waals surface area contributed by atoms with Crippen molar-refractivity contribution in [2.45, 2.75) is 52.4 Å². The maximum absolute atomic E-state index is 6.25. The lowest BCUT2D eigenvalue weighted by atomic mass is 9.41. The van der Waals surface area contributed by atoms with Crippen LogP contribution in [-0.2, 0) is 0 Å². The van der Waals surface area contributed by atoms with Crippen LogP contribution in [0.2, 0.25) is 0 Å². The Morgan fingerprint density at radius 2 is 1.57 bits per heavy atom. The molecule has 4 aliphatic carbocycles. The minimum atomic E-state index is 0.532. The van der Waals surface area contributed by atoms with Gasteiger partial charge in [-0.3, -0.25) is 0 Å². The highest BCUT2D eigenvalue weighted by molar-refractivity contribution is 6.18. The first-order chi connectivity index (χ1) is 6.47. The van der Waals surface area contributed by atoms with Gasteiger partial charge in [0.25, 0.3) is 0 Å². The molecule has 14 heavy (non-hydrogen) atoms. The second-order valence-corrected chi connectivity index (χ2v) is 7.53. The van der Waals surface area contributed by atoms with Crippen LogP contribution in [0.5, 0.6) is 0 Å². The van der Waals surface area contributed by atoms with E-state index in [0.29, 0.717) is 16.2 Å². The molecule has 4 bridgehead atoms. The van der Waals surface area contributed by atoms with Crippen molar-refractivity contribution >= 4 is 11.6 Å². The van der Waals surface area contributed by atoms with Crippen LogP contribution in [0.25, 0.3) is 0 Å². The van der Waals surface area contributed by atoms with Gasteiger partial charge < -0.3 is 0 Å². The standard InChI is InChI=1S/C13H21Cl/c1-11-3-10-4-12(2,6-11)8-13(5-10,7-11)9-14/h10H,3-9H2,1-2H3. The van der Waals surface area contributed by atoms with E-state index in [1.54, 1.807) is 0 Å². The lowest BCUT2D eigenvalue weighted by Crippen LogP contribution is -2.55. The van der Waals surface area contributed by atoms with E-state index in [4.69, 9.17) is 11.6 Å². The molecule has 0 nitrogen and oxygen atoms in total. The quantitative estimate of drug-likeness (QED) is 0.571. The van der Waals surface area contributed by atoms with Crippen molar-refractivity contribution in [1.29, 1.82) is 0 Å². The summed E-state index contributed by atoms with van der Waals surface area (Å²) in [5.74, 6) is 1.91. The van der Waals surface area contributed by atoms with Gasteiger partial charge in [0.2, 0.25) is 0 Å². The zero-order valence-corrected chi connectivity index (χ0v) is 10.2. The predicted molar refractivity (Wildman–Crippen MR) is 60.6 cm³/mol. The molecule has 0 aliphatic heterocycles. The largest absolute Gasteiger partial charge is 0.126 e. The molecule has 0 aromatic rings. The van der Waals surface area contributed by atoms with Crippen LogP contribution in [0.1, 0.15) is 52.4 Å². The number of rotatable bonds is 1. The van der Waals surface area contributed by atoms with Crippen molar-refractivity contribution in [3.8, 4) is 0 Å². The number of halogens is 1. The molecule has 80 valence electrons. The number of hydrogen-bond acceptors (Lipinski definition) is 0. The molecule has 0 amide bonds. The van der Waals surface area contributed by atoms with Crippen LogP contribution in [0.4, 0.5) is 0 Å². The summed E-state index contributed by atoms with van der Waals surface area (Å²) >= 11 is 6.25. The highest BCUT2D eigenvalue weighted by atomic mass is 35.5. The zero-order valence-electron chi connectivity index (χ0n) is 9.41. The predicted octanol–water partition coefficient (Wildman–Crippen LogP) is 4.22. The SMILES string of the molecule is CC12CC3CC(C)(C1)CC(CCl)(C3)C2. The molecule has 0 saturated heterocycles. The van der Waals surface area contributed by atoms with Gasteiger partial charge in [-0.25, -0.2) is 0 Å². The summed E-state index contributed by atoms with van der Waals surface area (Å²) in [6.07, 6.45) is 8.70. The molecule has 2 atom stereocenters. The third-order valence-corrected chi connectivity index (χ3v) is 5.59. The van der Waals surface area contributed by atoms with Gasteiger partial charge >= 0.3 is 0 Å². The highest BCUT2D eigenvalue weighted by Crippen LogP contribution is 2.69. The van der Waals surface area contributed by atoms with Crippen molar-refractivity contribution < 1.29 is 0 Å². The Morgan fingerprint density at radius 1 is 1.00 bits per heavy atom. The van der Waals surface area contributed by atoms with E-state index >= 15 is 0 Å². The molecule has 0 aromatic heterocycles. The van der Waals surface area contributed by atoms with Crippen molar-refractivity contribution in [1.82, 2.24) is 0 Å². The molecule has 0 aromatic carbocycles. The number of hydrogen-bond donors (Lipinski definition) is 0. The van der Waals surface area contributed by atoms with Gasteiger partial charge in [0, 0.05) is 5.88 Å². The van der Waals surface area contributed by atoms with Crippen LogP contribution in [-0.4, -0.2) is 5.88 Å². The van der Waals surface area contributed by atoms with E-state index in [9.17, 15) is 0 Å². The molecule has 0 radical (unpaired) electrons. The molecule has 1 heteroatoms. The van der Waals surface area contributed by atoms with Crippen LogP contribution >= 0.6 is 11.6 Å². The van der Waals surface area contributed by atoms with Crippen molar-refractivity contribution in [2.75, 3.05) is 5.88 Å². The first-order valence-electron chi connectivity index (χ1n) is 6.03. The summed E-state index contributed by atoms with van der Waals surface area (Å²) in [5, 5.41) is 0. The first kappa shape index (κ1) is 9.51. The van der Waals surface area contributed by atoms with Gasteiger partial charge in [0.15, 0.2) is 0 Å². The minimum Gasteiger partial charge on any atom is -0.126 e. The summed E-state index contributed by atoms with van der Waals surface area (Å²) in [6.45, 7) is 5.02. The Kier molecular flexibility index (Phi) is 1.70. The van der Waals surface area contributed by atoms with E-state index in [1.807, 2.05) is 0 Å². The second kappa shape index (κ2) is 2.51. The van der Waals surface area contributed by atoms with E-state index < -0.39 is 0 Å². The van der Waals surface area contributed by atoms with E-state index in [-0.39, 0.29) is 0 Å². The maximum atomic E-state index is 6.25. The normalized spacial score (nSPS) is 60.6. The minimum absolute atomic E-state index is 0.532. The van der Waals surface area contributed by atoms with Crippen molar-refractivity contribution in [3.05, 3.63) is 0 Å². The van der Waals surface area contributed by atoms with E-state index in [1.165, 1.54) is 38.5 Å². The maximum Gasteiger partial charge on any atom is 0.0280 e. The topological polar surface area (TPSA) is 0 Å². The van der Waals surface area contributed by atoms with Crippen molar-refractivity contribution in [2.24, 2.45) is 22.2 Å². The van der Waals surface area contributed by atoms with E-state index in [0.717, 1.165) is 11.8 Å². The zero-order chi connectivity index (χ0) is 10.0. The summed E-state index contributed by atoms with van der Waals surface area (Å²) in [7, 11) is 0. The number of alkyl halides is 1. The highest BCUT2D eigenvalue weighted by Gasteiger charge is 2.59. The fourth-order valence-electron chi connectivity index (χ4n) is 5.83. The van der Waals surface area contributed by atoms with Gasteiger partial charge in [-0.15, -0.1) is 11.6 Å². The summed E-state index contributed by atoms with van der Waals surface area (Å²) in [5.41, 5.74) is 1.82. The van der Waals surface area contributed by atoms with Crippen LogP contribution in [0.3, 0.4) is 0 Å². The molecule has 0 heterocycles. The van der Waals surface area contributed by atoms with Crippen LogP contribution in [0.15, 0.2) is 0 Å². The molecular weight excluding hydrogens is 192 g/mol. The average molecular weight is 213 g/mol. The van der Waals surface area contributed by atoms with Crippen LogP contribution < -0.4 is 0 Å². The van der Waals surface area contributed by atoms with Gasteiger partial charge in [0.1, 0.15) is 0 Å². The molecule has 4 rings (SSSR count). The third kappa shape index (κ3) is 1.19. The van der Waals surface area contributed by atoms with Gasteiger partial charge in [-0.05, 0) is 60.7 Å². The fraction of sp³-hybridized carbons (Fsp3) is 1.00. The second-order valence-electron chi connectivity index (χ2n) is 7.26. The Balaban J connectivity index is 2.01. The lowest BCUT2D eigenvalue weighted by Gasteiger charge is -2.65. The van der Waals surface area contributed by atoms with Gasteiger partial charge in [-0.1, -0.05) is 13.8 Å². The van der Waals surface area contributed by atoms with E-state index in [2.05, 4.69) is 13.8 Å². The third-order valence-electron chi connectivity index (χ3n) is 5.03. The molecular formula is C13H21Cl. The smallest absolute Gasteiger partial charge is 0.0280 e. The molecule has 4 fully saturated rings. The average Bonchev–Trinajstić information content (AvgIpc) is 1.97. The molecule has 0 N–H and O–H groups in total. The Bertz CT molecular complexity index is 252.